The molecule has 0 bridgehead atoms. The summed E-state index contributed by atoms with van der Waals surface area (Å²) < 4.78 is 0. The maximum absolute atomic E-state index is 8.89. The number of nitrogens with zero attached hydrogens (tertiary/aromatic N) is 1. The van der Waals surface area contributed by atoms with Crippen LogP contribution in [0.3, 0.4) is 0 Å². The zero-order valence-electron chi connectivity index (χ0n) is 19.3. The molecule has 2 aromatic carbocycles. The van der Waals surface area contributed by atoms with Crippen LogP contribution in [0.15, 0.2) is 54.6 Å². The Morgan fingerprint density at radius 1 is 0.774 bits per heavy atom. The Labute approximate surface area is 202 Å². The van der Waals surface area contributed by atoms with E-state index < -0.39 is 5.97 Å². The normalized spacial score (nSPS) is 11.1. The zero-order valence-corrected chi connectivity index (χ0v) is 21.4. The third-order valence-electron chi connectivity index (χ3n) is 4.66. The Hall–Kier alpha value is -2.20. The van der Waals surface area contributed by atoms with Crippen molar-refractivity contribution in [3.05, 3.63) is 77.9 Å². The van der Waals surface area contributed by atoms with Gasteiger partial charge in [0.05, 0.1) is 0 Å². The van der Waals surface area contributed by atoms with Crippen LogP contribution in [0, 0.1) is 12.1 Å². The summed E-state index contributed by atoms with van der Waals surface area (Å²) >= 11 is 0. The van der Waals surface area contributed by atoms with E-state index in [1.807, 2.05) is 12.1 Å². The van der Waals surface area contributed by atoms with E-state index in [2.05, 4.69) is 96.1 Å². The Kier molecular flexibility index (Phi) is 9.44. The number of aliphatic carboxylic acids is 1. The monoisotopic (exact) mass is 597 g/mol. The zero-order chi connectivity index (χ0) is 22.5. The molecule has 0 aliphatic heterocycles. The quantitative estimate of drug-likeness (QED) is 0.295. The van der Waals surface area contributed by atoms with Crippen LogP contribution < -0.4 is 5.11 Å². The first kappa shape index (κ1) is 26.8. The predicted octanol–water partition coefficient (Wildman–Crippen LogP) is 5.36. The SMILES string of the molecule is CC(=O)[O-].CC(C)(C)c1c[c-]c(-c2cccc(-c3[c-]cc(C(C)(C)C)cc3)n2)cc1.[Au+3]. The second-order valence-corrected chi connectivity index (χ2v) is 9.38. The molecular weight excluding hydrogens is 567 g/mol. The van der Waals surface area contributed by atoms with Crippen molar-refractivity contribution in [3.63, 3.8) is 0 Å². The molecule has 0 atom stereocenters. The van der Waals surface area contributed by atoms with Crippen LogP contribution in [-0.2, 0) is 38.0 Å². The topological polar surface area (TPSA) is 53.0 Å². The van der Waals surface area contributed by atoms with Crippen molar-refractivity contribution >= 4 is 5.97 Å². The van der Waals surface area contributed by atoms with Gasteiger partial charge in [-0.3, -0.25) is 0 Å². The molecule has 3 rings (SSSR count). The second-order valence-electron chi connectivity index (χ2n) is 9.38. The van der Waals surface area contributed by atoms with E-state index in [4.69, 9.17) is 14.9 Å². The van der Waals surface area contributed by atoms with Crippen molar-refractivity contribution in [1.82, 2.24) is 4.98 Å². The van der Waals surface area contributed by atoms with Crippen molar-refractivity contribution in [2.45, 2.75) is 59.3 Å². The fourth-order valence-electron chi connectivity index (χ4n) is 2.84. The molecule has 31 heavy (non-hydrogen) atoms. The Bertz CT molecular complexity index is 903. The average molecular weight is 598 g/mol. The third-order valence-corrected chi connectivity index (χ3v) is 4.66. The van der Waals surface area contributed by atoms with Gasteiger partial charge in [0, 0.05) is 5.97 Å². The Morgan fingerprint density at radius 3 is 1.39 bits per heavy atom. The van der Waals surface area contributed by atoms with E-state index in [9.17, 15) is 0 Å². The average Bonchev–Trinajstić information content (AvgIpc) is 2.66. The molecule has 0 saturated carbocycles. The number of carboxylic acids is 1. The number of hydrogen-bond acceptors (Lipinski definition) is 3. The van der Waals surface area contributed by atoms with Crippen LogP contribution >= 0.6 is 0 Å². The van der Waals surface area contributed by atoms with E-state index in [1.54, 1.807) is 0 Å². The van der Waals surface area contributed by atoms with Crippen LogP contribution in [0.5, 0.6) is 0 Å². The molecule has 4 heteroatoms. The van der Waals surface area contributed by atoms with Crippen LogP contribution in [0.2, 0.25) is 0 Å². The molecule has 0 aliphatic rings. The fraction of sp³-hybridized carbons (Fsp3) is 0.333. The fourth-order valence-corrected chi connectivity index (χ4v) is 2.84. The van der Waals surface area contributed by atoms with Crippen LogP contribution in [0.4, 0.5) is 0 Å². The first-order valence-electron chi connectivity index (χ1n) is 10.1. The summed E-state index contributed by atoms with van der Waals surface area (Å²) in [5.41, 5.74) is 6.75. The summed E-state index contributed by atoms with van der Waals surface area (Å²) in [5.74, 6) is -1.08. The third kappa shape index (κ3) is 8.10. The number of hydrogen-bond donors (Lipinski definition) is 0. The van der Waals surface area contributed by atoms with Crippen LogP contribution in [0.1, 0.15) is 59.6 Å². The number of rotatable bonds is 2. The van der Waals surface area contributed by atoms with Gasteiger partial charge in [-0.15, -0.1) is 70.8 Å². The van der Waals surface area contributed by atoms with Crippen LogP contribution in [0.25, 0.3) is 22.5 Å². The van der Waals surface area contributed by atoms with E-state index in [0.29, 0.717) is 0 Å². The summed E-state index contributed by atoms with van der Waals surface area (Å²) in [6, 6.07) is 25.6. The number of benzene rings is 2. The summed E-state index contributed by atoms with van der Waals surface area (Å²) in [4.78, 5) is 13.7. The van der Waals surface area contributed by atoms with Gasteiger partial charge in [0.1, 0.15) is 0 Å². The molecule has 0 saturated heterocycles. The number of carbonyl (C=O) groups excluding carboxylic acids is 1. The van der Waals surface area contributed by atoms with Gasteiger partial charge < -0.3 is 14.9 Å². The molecule has 166 valence electrons. The van der Waals surface area contributed by atoms with Gasteiger partial charge in [0.15, 0.2) is 0 Å². The molecule has 3 nitrogen and oxygen atoms in total. The van der Waals surface area contributed by atoms with Crippen molar-refractivity contribution in [1.29, 1.82) is 0 Å². The summed E-state index contributed by atoms with van der Waals surface area (Å²) in [5, 5.41) is 8.89. The summed E-state index contributed by atoms with van der Waals surface area (Å²) in [6.07, 6.45) is 0. The smallest absolute Gasteiger partial charge is 0.550 e. The maximum Gasteiger partial charge on any atom is 3.00 e. The van der Waals surface area contributed by atoms with Crippen LogP contribution in [-0.4, -0.2) is 11.0 Å². The van der Waals surface area contributed by atoms with Crippen molar-refractivity contribution in [3.8, 4) is 22.5 Å². The molecule has 1 heterocycles. The standard InChI is InChI=1S/C25H27N.C2H4O2.Au/c1-24(2,3)20-14-10-18(11-15-20)22-8-7-9-23(26-22)19-12-16-21(17-13-19)25(4,5)6;1-2(3)4;/h7-10,12,14-17H,1-6H3;1H3,(H,3,4);/q-2;;+3/p-1. The molecular formula is C27H30AuNO2. The van der Waals surface area contributed by atoms with E-state index in [-0.39, 0.29) is 33.2 Å². The van der Waals surface area contributed by atoms with Gasteiger partial charge in [0.25, 0.3) is 0 Å². The van der Waals surface area contributed by atoms with E-state index in [1.165, 1.54) is 11.1 Å². The number of aromatic nitrogens is 1. The second kappa shape index (κ2) is 10.9. The van der Waals surface area contributed by atoms with Gasteiger partial charge >= 0.3 is 22.4 Å². The van der Waals surface area contributed by atoms with Gasteiger partial charge in [-0.05, 0) is 29.1 Å². The molecule has 0 unspecified atom stereocenters. The minimum absolute atomic E-state index is 0. The summed E-state index contributed by atoms with van der Waals surface area (Å²) in [6.45, 7) is 14.3. The Balaban J connectivity index is 0.000000885. The first-order chi connectivity index (χ1) is 13.9. The predicted molar refractivity (Wildman–Crippen MR) is 121 cm³/mol. The minimum Gasteiger partial charge on any atom is -0.550 e. The molecule has 0 spiro atoms. The largest absolute Gasteiger partial charge is 3.00 e. The van der Waals surface area contributed by atoms with Gasteiger partial charge in [-0.1, -0.05) is 59.7 Å². The van der Waals surface area contributed by atoms with Gasteiger partial charge in [0.2, 0.25) is 0 Å². The number of carboxylic acid groups (broad SMARTS) is 1. The molecule has 1 aromatic heterocycles. The number of pyridine rings is 1. The molecule has 3 aromatic rings. The van der Waals surface area contributed by atoms with E-state index in [0.717, 1.165) is 29.4 Å². The maximum atomic E-state index is 8.89. The first-order valence-corrected chi connectivity index (χ1v) is 10.1. The van der Waals surface area contributed by atoms with E-state index >= 15 is 0 Å². The Morgan fingerprint density at radius 2 is 1.13 bits per heavy atom. The van der Waals surface area contributed by atoms with Crippen molar-refractivity contribution in [2.24, 2.45) is 0 Å². The van der Waals surface area contributed by atoms with Gasteiger partial charge in [-0.2, -0.15) is 0 Å². The molecule has 0 amide bonds. The van der Waals surface area contributed by atoms with Crippen molar-refractivity contribution < 1.29 is 32.3 Å². The van der Waals surface area contributed by atoms with Gasteiger partial charge in [-0.25, -0.2) is 0 Å². The minimum atomic E-state index is -1.08. The molecule has 0 radical (unpaired) electrons. The number of carbonyl (C=O) groups is 1. The molecule has 0 aliphatic carbocycles. The molecule has 0 fully saturated rings. The summed E-state index contributed by atoms with van der Waals surface area (Å²) in [7, 11) is 0. The molecule has 0 N–H and O–H groups in total. The van der Waals surface area contributed by atoms with Crippen molar-refractivity contribution in [2.75, 3.05) is 0 Å².